The number of nitrogens with zero attached hydrogens (tertiary/aromatic N) is 3. The van der Waals surface area contributed by atoms with E-state index in [1.165, 1.54) is 24.2 Å². The van der Waals surface area contributed by atoms with Crippen LogP contribution in [0.4, 0.5) is 4.79 Å². The summed E-state index contributed by atoms with van der Waals surface area (Å²) < 4.78 is 0. The SMILES string of the molecule is O=C1C(CN2CCCCC2)N(Cc2ccccc2)C(=O)N1Cc1ccccc1. The Morgan fingerprint density at radius 1 is 0.750 bits per heavy atom. The van der Waals surface area contributed by atoms with Gasteiger partial charge in [-0.15, -0.1) is 0 Å². The van der Waals surface area contributed by atoms with E-state index in [-0.39, 0.29) is 11.9 Å². The Kier molecular flexibility index (Phi) is 5.72. The van der Waals surface area contributed by atoms with Crippen LogP contribution in [0.2, 0.25) is 0 Å². The van der Waals surface area contributed by atoms with Gasteiger partial charge in [-0.1, -0.05) is 67.1 Å². The van der Waals surface area contributed by atoms with Gasteiger partial charge in [0.15, 0.2) is 0 Å². The summed E-state index contributed by atoms with van der Waals surface area (Å²) in [6.45, 7) is 3.45. The first-order chi connectivity index (χ1) is 13.7. The Labute approximate surface area is 166 Å². The maximum absolute atomic E-state index is 13.2. The van der Waals surface area contributed by atoms with Crippen molar-refractivity contribution in [3.8, 4) is 0 Å². The van der Waals surface area contributed by atoms with Crippen LogP contribution >= 0.6 is 0 Å². The number of benzene rings is 2. The van der Waals surface area contributed by atoms with Crippen LogP contribution in [0, 0.1) is 0 Å². The molecule has 2 aromatic carbocycles. The highest BCUT2D eigenvalue weighted by molar-refractivity contribution is 6.04. The zero-order valence-corrected chi connectivity index (χ0v) is 16.2. The zero-order valence-electron chi connectivity index (χ0n) is 16.2. The lowest BCUT2D eigenvalue weighted by Gasteiger charge is -2.31. The van der Waals surface area contributed by atoms with E-state index < -0.39 is 6.04 Å². The van der Waals surface area contributed by atoms with Crippen LogP contribution in [0.5, 0.6) is 0 Å². The topological polar surface area (TPSA) is 43.9 Å². The van der Waals surface area contributed by atoms with E-state index in [9.17, 15) is 9.59 Å². The lowest BCUT2D eigenvalue weighted by molar-refractivity contribution is -0.129. The minimum atomic E-state index is -0.408. The van der Waals surface area contributed by atoms with Gasteiger partial charge in [-0.25, -0.2) is 4.79 Å². The molecule has 1 unspecified atom stereocenters. The third-order valence-corrected chi connectivity index (χ3v) is 5.66. The molecule has 0 aliphatic carbocycles. The molecular formula is C23H27N3O2. The molecule has 0 bridgehead atoms. The van der Waals surface area contributed by atoms with Gasteiger partial charge in [0, 0.05) is 13.1 Å². The number of carbonyl (C=O) groups excluding carboxylic acids is 2. The molecule has 2 saturated heterocycles. The summed E-state index contributed by atoms with van der Waals surface area (Å²) in [5.74, 6) is -0.0737. The molecule has 2 fully saturated rings. The van der Waals surface area contributed by atoms with Crippen molar-refractivity contribution in [3.05, 3.63) is 71.8 Å². The molecule has 28 heavy (non-hydrogen) atoms. The van der Waals surface area contributed by atoms with Gasteiger partial charge in [0.05, 0.1) is 6.54 Å². The average Bonchev–Trinajstić information content (AvgIpc) is 2.95. The van der Waals surface area contributed by atoms with Crippen molar-refractivity contribution in [1.82, 2.24) is 14.7 Å². The Bertz CT molecular complexity index is 803. The van der Waals surface area contributed by atoms with E-state index in [2.05, 4.69) is 4.90 Å². The number of piperidine rings is 1. The average molecular weight is 377 g/mol. The third-order valence-electron chi connectivity index (χ3n) is 5.66. The van der Waals surface area contributed by atoms with Crippen LogP contribution in [0.3, 0.4) is 0 Å². The minimum Gasteiger partial charge on any atom is -0.307 e. The van der Waals surface area contributed by atoms with Crippen LogP contribution in [0.25, 0.3) is 0 Å². The summed E-state index contributed by atoms with van der Waals surface area (Å²) in [6, 6.07) is 19.1. The minimum absolute atomic E-state index is 0.0737. The summed E-state index contributed by atoms with van der Waals surface area (Å²) in [5.41, 5.74) is 2.02. The Morgan fingerprint density at radius 3 is 1.93 bits per heavy atom. The Balaban J connectivity index is 1.56. The van der Waals surface area contributed by atoms with Gasteiger partial charge < -0.3 is 9.80 Å². The standard InChI is InChI=1S/C23H27N3O2/c27-22-21(18-24-14-8-3-9-15-24)25(16-19-10-4-1-5-11-19)23(28)26(22)17-20-12-6-2-7-13-20/h1-2,4-7,10-13,21H,3,8-9,14-18H2. The molecule has 0 spiro atoms. The highest BCUT2D eigenvalue weighted by atomic mass is 16.2. The van der Waals surface area contributed by atoms with Gasteiger partial charge >= 0.3 is 6.03 Å². The second kappa shape index (κ2) is 8.57. The zero-order chi connectivity index (χ0) is 19.3. The van der Waals surface area contributed by atoms with Crippen LogP contribution in [0.15, 0.2) is 60.7 Å². The Morgan fingerprint density at radius 2 is 1.32 bits per heavy atom. The van der Waals surface area contributed by atoms with Crippen molar-refractivity contribution in [3.63, 3.8) is 0 Å². The fraction of sp³-hybridized carbons (Fsp3) is 0.391. The Hall–Kier alpha value is -2.66. The molecule has 2 heterocycles. The molecule has 146 valence electrons. The molecular weight excluding hydrogens is 350 g/mol. The van der Waals surface area contributed by atoms with Crippen molar-refractivity contribution in [1.29, 1.82) is 0 Å². The predicted molar refractivity (Wildman–Crippen MR) is 108 cm³/mol. The number of rotatable bonds is 6. The number of amides is 3. The normalized spacial score (nSPS) is 20.8. The van der Waals surface area contributed by atoms with Crippen molar-refractivity contribution < 1.29 is 9.59 Å². The maximum atomic E-state index is 13.2. The smallest absolute Gasteiger partial charge is 0.307 e. The summed E-state index contributed by atoms with van der Waals surface area (Å²) in [7, 11) is 0. The molecule has 3 amide bonds. The number of hydrogen-bond donors (Lipinski definition) is 0. The van der Waals surface area contributed by atoms with Crippen molar-refractivity contribution >= 4 is 11.9 Å². The largest absolute Gasteiger partial charge is 0.328 e. The molecule has 5 heteroatoms. The first-order valence-corrected chi connectivity index (χ1v) is 10.1. The van der Waals surface area contributed by atoms with E-state index >= 15 is 0 Å². The first kappa shape index (κ1) is 18.7. The van der Waals surface area contributed by atoms with Crippen LogP contribution in [-0.2, 0) is 17.9 Å². The molecule has 4 rings (SSSR count). The number of carbonyl (C=O) groups is 2. The summed E-state index contributed by atoms with van der Waals surface area (Å²) >= 11 is 0. The van der Waals surface area contributed by atoms with Gasteiger partial charge in [-0.05, 0) is 37.1 Å². The van der Waals surface area contributed by atoms with Crippen molar-refractivity contribution in [2.45, 2.75) is 38.4 Å². The number of hydrogen-bond acceptors (Lipinski definition) is 3. The monoisotopic (exact) mass is 377 g/mol. The van der Waals surface area contributed by atoms with Crippen LogP contribution in [0.1, 0.15) is 30.4 Å². The van der Waals surface area contributed by atoms with Gasteiger partial charge in [-0.3, -0.25) is 9.69 Å². The van der Waals surface area contributed by atoms with Gasteiger partial charge in [0.25, 0.3) is 5.91 Å². The highest BCUT2D eigenvalue weighted by Gasteiger charge is 2.45. The van der Waals surface area contributed by atoms with E-state index in [0.717, 1.165) is 24.2 Å². The molecule has 0 radical (unpaired) electrons. The van der Waals surface area contributed by atoms with Crippen LogP contribution in [-0.4, -0.2) is 52.3 Å². The lowest BCUT2D eigenvalue weighted by Crippen LogP contribution is -2.45. The lowest BCUT2D eigenvalue weighted by atomic mass is 10.1. The third kappa shape index (κ3) is 4.09. The number of likely N-dealkylation sites (tertiary alicyclic amines) is 1. The maximum Gasteiger partial charge on any atom is 0.328 e. The molecule has 2 aliphatic heterocycles. The van der Waals surface area contributed by atoms with E-state index in [1.54, 1.807) is 4.90 Å². The molecule has 0 saturated carbocycles. The molecule has 5 nitrogen and oxygen atoms in total. The van der Waals surface area contributed by atoms with Crippen molar-refractivity contribution in [2.75, 3.05) is 19.6 Å². The predicted octanol–water partition coefficient (Wildman–Crippen LogP) is 3.51. The van der Waals surface area contributed by atoms with E-state index in [1.807, 2.05) is 60.7 Å². The molecule has 1 atom stereocenters. The van der Waals surface area contributed by atoms with Crippen molar-refractivity contribution in [2.24, 2.45) is 0 Å². The molecule has 0 aromatic heterocycles. The van der Waals surface area contributed by atoms with Crippen LogP contribution < -0.4 is 0 Å². The second-order valence-electron chi connectivity index (χ2n) is 7.68. The van der Waals surface area contributed by atoms with E-state index in [4.69, 9.17) is 0 Å². The first-order valence-electron chi connectivity index (χ1n) is 10.1. The van der Waals surface area contributed by atoms with Gasteiger partial charge in [-0.2, -0.15) is 0 Å². The number of urea groups is 1. The quantitative estimate of drug-likeness (QED) is 0.724. The fourth-order valence-corrected chi connectivity index (χ4v) is 4.13. The van der Waals surface area contributed by atoms with Gasteiger partial charge in [0.2, 0.25) is 0 Å². The molecule has 2 aromatic rings. The number of imide groups is 1. The summed E-state index contributed by atoms with van der Waals surface area (Å²) in [6.07, 6.45) is 3.59. The summed E-state index contributed by atoms with van der Waals surface area (Å²) in [5, 5.41) is 0. The summed E-state index contributed by atoms with van der Waals surface area (Å²) in [4.78, 5) is 31.9. The molecule has 0 N–H and O–H groups in total. The molecule has 2 aliphatic rings. The van der Waals surface area contributed by atoms with E-state index in [0.29, 0.717) is 19.6 Å². The van der Waals surface area contributed by atoms with Gasteiger partial charge in [0.1, 0.15) is 6.04 Å². The highest BCUT2D eigenvalue weighted by Crippen LogP contribution is 2.24. The fourth-order valence-electron chi connectivity index (χ4n) is 4.13. The second-order valence-corrected chi connectivity index (χ2v) is 7.68.